The summed E-state index contributed by atoms with van der Waals surface area (Å²) in [7, 11) is 3.85. The molecular weight excluding hydrogens is 1190 g/mol. The highest BCUT2D eigenvalue weighted by atomic mass is 35.5. The number of nitrogens with zero attached hydrogens (tertiary/aromatic N) is 5. The number of para-hydroxylation sites is 1. The molecule has 5 amide bonds. The molecule has 9 atom stereocenters. The lowest BCUT2D eigenvalue weighted by atomic mass is 9.83. The third kappa shape index (κ3) is 14.3. The van der Waals surface area contributed by atoms with Crippen molar-refractivity contribution in [2.45, 2.75) is 120 Å². The zero-order chi connectivity index (χ0) is 64.4. The van der Waals surface area contributed by atoms with Gasteiger partial charge in [0.2, 0.25) is 17.7 Å². The number of rotatable bonds is 17. The number of nitrogens with one attached hydrogen (secondary N) is 2. The Hall–Kier alpha value is -7.84. The Morgan fingerprint density at radius 3 is 2.29 bits per heavy atom. The van der Waals surface area contributed by atoms with Crippen molar-refractivity contribution < 1.29 is 75.3 Å². The first-order chi connectivity index (χ1) is 42.1. The number of aryl methyl sites for hydroxylation is 1. The first kappa shape index (κ1) is 65.6. The first-order valence-corrected chi connectivity index (χ1v) is 31.1. The number of anilines is 1. The average Bonchev–Trinajstić information content (AvgIpc) is 1.65. The molecule has 2 unspecified atom stereocenters. The molecule has 3 aliphatic heterocycles. The van der Waals surface area contributed by atoms with Gasteiger partial charge in [0.1, 0.15) is 59.1 Å². The molecule has 4 heterocycles. The number of allylic oxidation sites excluding steroid dienone is 3. The summed E-state index contributed by atoms with van der Waals surface area (Å²) in [6.45, 7) is 6.79. The molecule has 2 saturated heterocycles. The molecule has 9 rings (SSSR count). The highest BCUT2D eigenvalue weighted by Gasteiger charge is 2.64. The summed E-state index contributed by atoms with van der Waals surface area (Å²) in [4.78, 5) is 86.4. The number of hydrogen-bond donors (Lipinski definition) is 4. The van der Waals surface area contributed by atoms with Gasteiger partial charge in [-0.15, -0.1) is 0 Å². The third-order valence-electron chi connectivity index (χ3n) is 17.5. The summed E-state index contributed by atoms with van der Waals surface area (Å²) in [5.41, 5.74) is 4.21. The molecule has 25 heteroatoms. The second-order valence-electron chi connectivity index (χ2n) is 23.5. The van der Waals surface area contributed by atoms with Crippen LogP contribution in [0.3, 0.4) is 0 Å². The Morgan fingerprint density at radius 2 is 1.63 bits per heavy atom. The Bertz CT molecular complexity index is 3680. The summed E-state index contributed by atoms with van der Waals surface area (Å²) < 4.78 is 72.5. The van der Waals surface area contributed by atoms with Crippen LogP contribution in [0.25, 0.3) is 22.0 Å². The molecule has 89 heavy (non-hydrogen) atoms. The summed E-state index contributed by atoms with van der Waals surface area (Å²) in [6.07, 6.45) is -1.35. The van der Waals surface area contributed by atoms with Gasteiger partial charge in [-0.3, -0.25) is 24.3 Å². The summed E-state index contributed by atoms with van der Waals surface area (Å²) in [6, 6.07) is 25.4. The highest BCUT2D eigenvalue weighted by Crippen LogP contribution is 2.50. The fourth-order valence-corrected chi connectivity index (χ4v) is 13.1. The van der Waals surface area contributed by atoms with E-state index in [1.807, 2.05) is 84.3 Å². The number of ether oxygens (including phenoxy) is 6. The molecule has 476 valence electrons. The van der Waals surface area contributed by atoms with Crippen LogP contribution in [-0.2, 0) is 72.5 Å². The Balaban J connectivity index is 0.896. The normalized spacial score (nSPS) is 24.4. The summed E-state index contributed by atoms with van der Waals surface area (Å²) in [5.74, 6) is -5.35. The first-order valence-electron chi connectivity index (χ1n) is 29.1. The van der Waals surface area contributed by atoms with Crippen molar-refractivity contribution in [2.75, 3.05) is 59.7 Å². The van der Waals surface area contributed by atoms with E-state index in [0.717, 1.165) is 43.6 Å². The number of alkyl carbamates (subject to hydrolysis) is 1. The van der Waals surface area contributed by atoms with Crippen molar-refractivity contribution in [1.82, 2.24) is 30.1 Å². The van der Waals surface area contributed by atoms with E-state index < -0.39 is 112 Å². The number of hydrogen-bond acceptors (Lipinski definition) is 16. The fourth-order valence-electron chi connectivity index (χ4n) is 12.1. The number of halogens is 1. The van der Waals surface area contributed by atoms with Crippen LogP contribution in [0.1, 0.15) is 75.3 Å². The van der Waals surface area contributed by atoms with E-state index in [9.17, 15) is 46.8 Å². The van der Waals surface area contributed by atoms with Crippen LogP contribution < -0.4 is 20.3 Å². The largest absolute Gasteiger partial charge is 0.495 e. The number of aromatic nitrogens is 1. The van der Waals surface area contributed by atoms with E-state index in [4.69, 9.17) is 40.0 Å². The maximum atomic E-state index is 14.6. The van der Waals surface area contributed by atoms with Gasteiger partial charge < -0.3 is 53.2 Å². The van der Waals surface area contributed by atoms with E-state index in [-0.39, 0.29) is 54.9 Å². The smallest absolute Gasteiger partial charge is 0.424 e. The number of carbonyl (C=O) groups excluding carboxylic acids is 6. The lowest BCUT2D eigenvalue weighted by molar-refractivity contribution is -0.162. The molecule has 23 nitrogen and oxygen atoms in total. The van der Waals surface area contributed by atoms with Crippen LogP contribution in [0, 0.1) is 5.92 Å². The van der Waals surface area contributed by atoms with E-state index in [1.54, 1.807) is 57.2 Å². The number of likely N-dealkylation sites (N-methyl/N-ethyl adjacent to an activating group) is 1. The summed E-state index contributed by atoms with van der Waals surface area (Å²) in [5, 5.41) is 20.9. The maximum Gasteiger partial charge on any atom is 0.424 e. The van der Waals surface area contributed by atoms with Gasteiger partial charge in [-0.05, 0) is 84.7 Å². The predicted octanol–water partition coefficient (Wildman–Crippen LogP) is 7.16. The van der Waals surface area contributed by atoms with Gasteiger partial charge in [0.15, 0.2) is 5.72 Å². The minimum Gasteiger partial charge on any atom is -0.495 e. The van der Waals surface area contributed by atoms with E-state index in [0.29, 0.717) is 17.7 Å². The van der Waals surface area contributed by atoms with Crippen molar-refractivity contribution in [3.05, 3.63) is 142 Å². The second kappa shape index (κ2) is 26.7. The molecule has 5 aromatic rings. The number of fused-ring (bicyclic) bond motifs is 9. The number of epoxide rings is 1. The van der Waals surface area contributed by atoms with Gasteiger partial charge in [-0.1, -0.05) is 109 Å². The average molecular weight is 1270 g/mol. The Labute approximate surface area is 522 Å². The van der Waals surface area contributed by atoms with Crippen molar-refractivity contribution in [3.63, 3.8) is 0 Å². The van der Waals surface area contributed by atoms with Crippen molar-refractivity contribution in [3.8, 4) is 16.9 Å². The number of methoxy groups -OCH3 is 2. The van der Waals surface area contributed by atoms with Gasteiger partial charge in [-0.2, -0.15) is 8.42 Å². The number of aliphatic hydroxyl groups is 1. The van der Waals surface area contributed by atoms with Gasteiger partial charge >= 0.3 is 18.2 Å². The van der Waals surface area contributed by atoms with Gasteiger partial charge in [-0.25, -0.2) is 24.4 Å². The fraction of sp³-hybridized carbons (Fsp3) is 0.438. The maximum absolute atomic E-state index is 14.6. The topological polar surface area (TPSA) is 278 Å². The molecule has 0 spiro atoms. The molecule has 1 aromatic heterocycles. The van der Waals surface area contributed by atoms with Crippen LogP contribution in [0.2, 0.25) is 5.02 Å². The minimum absolute atomic E-state index is 0.0203. The Kier molecular flexibility index (Phi) is 19.7. The number of hydrazine groups is 1. The molecule has 4 N–H and O–H groups in total. The molecule has 2 fully saturated rings. The zero-order valence-corrected chi connectivity index (χ0v) is 52.9. The van der Waals surface area contributed by atoms with Crippen LogP contribution in [0.4, 0.5) is 15.3 Å². The molecular formula is C64H76ClN7O16S. The van der Waals surface area contributed by atoms with Gasteiger partial charge in [0.05, 0.1) is 31.9 Å². The predicted molar refractivity (Wildman–Crippen MR) is 330 cm³/mol. The molecule has 0 radical (unpaired) electrons. The van der Waals surface area contributed by atoms with E-state index >= 15 is 0 Å². The van der Waals surface area contributed by atoms with Crippen molar-refractivity contribution >= 4 is 74.2 Å². The van der Waals surface area contributed by atoms with Crippen molar-refractivity contribution in [1.29, 1.82) is 0 Å². The van der Waals surface area contributed by atoms with Crippen molar-refractivity contribution in [2.24, 2.45) is 5.92 Å². The number of esters is 1. The SMILES string of the molecule is COc1cc2cc(c1Cl)N(C)C(=O)C[C@H](OC(=O)[C@H](C)N(C)C(=O)C(CS(=O)(=O)O)NC(=O)CCn1c(CN(C)N(C)C(=O)OCC3c4ccccc4-c4ccccc43)cc3ccccc31)[C@]1(C)OC1[C@H](C)[C@@H]1C[C@@](O)(NC(=O)O1)[C@H](OC)/C=C/C=C(\C)C2. The molecule has 1 aliphatic carbocycles. The number of amides is 5. The lowest BCUT2D eigenvalue weighted by Gasteiger charge is -2.42. The lowest BCUT2D eigenvalue weighted by Crippen LogP contribution is -2.63. The Morgan fingerprint density at radius 1 is 0.966 bits per heavy atom. The minimum atomic E-state index is -4.95. The highest BCUT2D eigenvalue weighted by molar-refractivity contribution is 7.85. The third-order valence-corrected chi connectivity index (χ3v) is 18.6. The van der Waals surface area contributed by atoms with Crippen LogP contribution in [-0.4, -0.2) is 176 Å². The van der Waals surface area contributed by atoms with Crippen LogP contribution in [0.5, 0.6) is 5.75 Å². The monoisotopic (exact) mass is 1270 g/mol. The van der Waals surface area contributed by atoms with E-state index in [1.165, 1.54) is 45.1 Å². The molecule has 0 saturated carbocycles. The van der Waals surface area contributed by atoms with Gasteiger partial charge in [0.25, 0.3) is 10.1 Å². The molecule has 4 aromatic carbocycles. The van der Waals surface area contributed by atoms with Gasteiger partial charge in [0, 0.05) is 77.7 Å². The zero-order valence-electron chi connectivity index (χ0n) is 51.3. The number of carbonyl (C=O) groups is 6. The summed E-state index contributed by atoms with van der Waals surface area (Å²) >= 11 is 6.86. The van der Waals surface area contributed by atoms with Crippen LogP contribution in [0.15, 0.2) is 115 Å². The second-order valence-corrected chi connectivity index (χ2v) is 25.3. The number of benzene rings is 4. The molecule has 4 bridgehead atoms. The standard InChI is InChI=1S/C64H76ClN7O16S/c1-37-18-17-25-53(84-10)64(79)33-52(86-61(77)67-64)38(2)58-63(4,88-58)54(32-56(74)70(7)50-29-40(28-37)30-51(83-9)57(50)65)87-60(76)39(3)69(6)59(75)48(36-89(80,81)82)66-55(73)26-27-72-42(31-41-19-11-16-24-49(41)72)34-68(5)71(8)62(78)85-35-47-45-22-14-12-20-43(45)44-21-13-15-23-46(44)47/h11-25,29-31,38-39,47-48,52-54,58,79H,26-28,32-36H2,1-10H3,(H,66,73)(H,67,77)(H,80,81,82)/b25-17+,37-18+/t38-,39+,48?,52+,53-,54+,58?,63+,64+/m1/s1. The van der Waals surface area contributed by atoms with Crippen LogP contribution >= 0.6 is 11.6 Å². The molecule has 4 aliphatic rings. The quantitative estimate of drug-likeness (QED) is 0.0236. The van der Waals surface area contributed by atoms with E-state index in [2.05, 4.69) is 22.8 Å².